The van der Waals surface area contributed by atoms with E-state index in [4.69, 9.17) is 9.47 Å². The van der Waals surface area contributed by atoms with E-state index in [1.165, 1.54) is 18.2 Å². The number of benzene rings is 2. The summed E-state index contributed by atoms with van der Waals surface area (Å²) in [4.78, 5) is 34.6. The van der Waals surface area contributed by atoms with Crippen molar-refractivity contribution in [2.24, 2.45) is 0 Å². The standard InChI is InChI=1S/C22H24N2O5/c1-23-20(25)10-11-21(26)28-13-12-24-22(27)29-14-19-17-8-4-2-6-15(17)16-7-3-5-9-18(16)19/h2-9,19H,10-14H2,1H3,(H,23,25)(H,24,27). The Morgan fingerprint density at radius 1 is 0.897 bits per heavy atom. The molecule has 152 valence electrons. The molecule has 7 heteroatoms. The number of esters is 1. The summed E-state index contributed by atoms with van der Waals surface area (Å²) in [5.41, 5.74) is 4.62. The number of rotatable bonds is 8. The highest BCUT2D eigenvalue weighted by Gasteiger charge is 2.28. The van der Waals surface area contributed by atoms with Gasteiger partial charge in [-0.25, -0.2) is 4.79 Å². The van der Waals surface area contributed by atoms with Crippen LogP contribution in [-0.2, 0) is 19.1 Å². The predicted octanol–water partition coefficient (Wildman–Crippen LogP) is 2.59. The van der Waals surface area contributed by atoms with Gasteiger partial charge in [0.15, 0.2) is 0 Å². The average Bonchev–Trinajstić information content (AvgIpc) is 3.07. The second-order valence-electron chi connectivity index (χ2n) is 6.65. The Morgan fingerprint density at radius 2 is 1.52 bits per heavy atom. The molecule has 0 radical (unpaired) electrons. The molecule has 0 unspecified atom stereocenters. The summed E-state index contributed by atoms with van der Waals surface area (Å²) in [6, 6.07) is 16.2. The van der Waals surface area contributed by atoms with E-state index in [0.29, 0.717) is 0 Å². The van der Waals surface area contributed by atoms with Gasteiger partial charge < -0.3 is 20.1 Å². The zero-order valence-corrected chi connectivity index (χ0v) is 16.3. The van der Waals surface area contributed by atoms with Crippen molar-refractivity contribution in [2.45, 2.75) is 18.8 Å². The maximum Gasteiger partial charge on any atom is 0.407 e. The first-order valence-corrected chi connectivity index (χ1v) is 9.55. The van der Waals surface area contributed by atoms with E-state index in [1.54, 1.807) is 0 Å². The fourth-order valence-corrected chi connectivity index (χ4v) is 3.38. The first-order valence-electron chi connectivity index (χ1n) is 9.55. The van der Waals surface area contributed by atoms with Crippen molar-refractivity contribution < 1.29 is 23.9 Å². The summed E-state index contributed by atoms with van der Waals surface area (Å²) >= 11 is 0. The monoisotopic (exact) mass is 396 g/mol. The summed E-state index contributed by atoms with van der Waals surface area (Å²) in [5, 5.41) is 5.00. The molecule has 0 fully saturated rings. The van der Waals surface area contributed by atoms with Crippen LogP contribution in [0.3, 0.4) is 0 Å². The maximum atomic E-state index is 12.0. The van der Waals surface area contributed by atoms with Crippen molar-refractivity contribution in [3.05, 3.63) is 59.7 Å². The van der Waals surface area contributed by atoms with Gasteiger partial charge in [0.05, 0.1) is 13.0 Å². The lowest BCUT2D eigenvalue weighted by molar-refractivity contribution is -0.144. The van der Waals surface area contributed by atoms with E-state index in [2.05, 4.69) is 34.9 Å². The van der Waals surface area contributed by atoms with Crippen molar-refractivity contribution in [3.8, 4) is 11.1 Å². The number of amides is 2. The number of carbonyl (C=O) groups excluding carboxylic acids is 3. The van der Waals surface area contributed by atoms with E-state index < -0.39 is 12.1 Å². The van der Waals surface area contributed by atoms with Crippen molar-refractivity contribution in [1.82, 2.24) is 10.6 Å². The van der Waals surface area contributed by atoms with Crippen LogP contribution in [0.1, 0.15) is 29.9 Å². The molecule has 2 amide bonds. The summed E-state index contributed by atoms with van der Waals surface area (Å²) in [7, 11) is 1.51. The van der Waals surface area contributed by atoms with Crippen LogP contribution < -0.4 is 10.6 Å². The first kappa shape index (κ1) is 20.4. The maximum absolute atomic E-state index is 12.0. The number of carbonyl (C=O) groups is 3. The van der Waals surface area contributed by atoms with Crippen LogP contribution in [0.4, 0.5) is 4.79 Å². The highest BCUT2D eigenvalue weighted by molar-refractivity contribution is 5.81. The lowest BCUT2D eigenvalue weighted by Gasteiger charge is -2.14. The zero-order chi connectivity index (χ0) is 20.6. The van der Waals surface area contributed by atoms with Crippen LogP contribution >= 0.6 is 0 Å². The van der Waals surface area contributed by atoms with Crippen LogP contribution in [0.15, 0.2) is 48.5 Å². The Kier molecular flexibility index (Phi) is 6.84. The van der Waals surface area contributed by atoms with Gasteiger partial charge in [-0.3, -0.25) is 9.59 Å². The molecule has 7 nitrogen and oxygen atoms in total. The van der Waals surface area contributed by atoms with Gasteiger partial charge >= 0.3 is 12.1 Å². The highest BCUT2D eigenvalue weighted by atomic mass is 16.6. The normalized spacial score (nSPS) is 11.9. The third-order valence-electron chi connectivity index (χ3n) is 4.81. The fourth-order valence-electron chi connectivity index (χ4n) is 3.38. The van der Waals surface area contributed by atoms with Crippen LogP contribution in [0, 0.1) is 0 Å². The number of nitrogens with one attached hydrogen (secondary N) is 2. The predicted molar refractivity (Wildman–Crippen MR) is 107 cm³/mol. The quantitative estimate of drug-likeness (QED) is 0.528. The lowest BCUT2D eigenvalue weighted by atomic mass is 9.98. The van der Waals surface area contributed by atoms with E-state index in [1.807, 2.05) is 24.3 Å². The minimum absolute atomic E-state index is 0.00399. The van der Waals surface area contributed by atoms with E-state index >= 15 is 0 Å². The molecule has 0 aromatic heterocycles. The molecule has 0 atom stereocenters. The largest absolute Gasteiger partial charge is 0.464 e. The summed E-state index contributed by atoms with van der Waals surface area (Å²) < 4.78 is 10.4. The van der Waals surface area contributed by atoms with Gasteiger partial charge in [0.1, 0.15) is 13.2 Å². The van der Waals surface area contributed by atoms with Gasteiger partial charge in [0.2, 0.25) is 5.91 Å². The number of ether oxygens (including phenoxy) is 2. The number of alkyl carbamates (subject to hydrolysis) is 1. The van der Waals surface area contributed by atoms with Gasteiger partial charge in [-0.05, 0) is 22.3 Å². The molecule has 1 aliphatic rings. The van der Waals surface area contributed by atoms with Crippen LogP contribution in [0.25, 0.3) is 11.1 Å². The van der Waals surface area contributed by atoms with Crippen molar-refractivity contribution in [1.29, 1.82) is 0 Å². The number of hydrogen-bond donors (Lipinski definition) is 2. The van der Waals surface area contributed by atoms with Gasteiger partial charge in [-0.2, -0.15) is 0 Å². The molecule has 29 heavy (non-hydrogen) atoms. The molecule has 0 bridgehead atoms. The molecule has 2 aromatic rings. The van der Waals surface area contributed by atoms with Crippen LogP contribution in [-0.4, -0.2) is 44.8 Å². The molecule has 2 N–H and O–H groups in total. The minimum Gasteiger partial charge on any atom is -0.464 e. The molecule has 2 aromatic carbocycles. The second-order valence-corrected chi connectivity index (χ2v) is 6.65. The van der Waals surface area contributed by atoms with E-state index in [0.717, 1.165) is 11.1 Å². The van der Waals surface area contributed by atoms with E-state index in [-0.39, 0.29) is 44.4 Å². The number of hydrogen-bond acceptors (Lipinski definition) is 5. The van der Waals surface area contributed by atoms with Crippen molar-refractivity contribution in [2.75, 3.05) is 26.8 Å². The molecule has 0 heterocycles. The Labute approximate surface area is 169 Å². The summed E-state index contributed by atoms with van der Waals surface area (Å²) in [6.07, 6.45) is -0.479. The van der Waals surface area contributed by atoms with Crippen molar-refractivity contribution in [3.63, 3.8) is 0 Å². The SMILES string of the molecule is CNC(=O)CCC(=O)OCCNC(=O)OCC1c2ccccc2-c2ccccc21. The zero-order valence-electron chi connectivity index (χ0n) is 16.3. The van der Waals surface area contributed by atoms with Crippen LogP contribution in [0.5, 0.6) is 0 Å². The molecule has 0 aliphatic heterocycles. The molecule has 0 saturated heterocycles. The minimum atomic E-state index is -0.562. The molecule has 3 rings (SSSR count). The van der Waals surface area contributed by atoms with Crippen molar-refractivity contribution >= 4 is 18.0 Å². The second kappa shape index (κ2) is 9.73. The molecule has 0 spiro atoms. The third kappa shape index (κ3) is 5.13. The summed E-state index contributed by atoms with van der Waals surface area (Å²) in [6.45, 7) is 0.394. The number of fused-ring (bicyclic) bond motifs is 3. The molecular weight excluding hydrogens is 372 g/mol. The van der Waals surface area contributed by atoms with Gasteiger partial charge in [-0.1, -0.05) is 48.5 Å². The summed E-state index contributed by atoms with van der Waals surface area (Å²) in [5.74, 6) is -0.711. The highest BCUT2D eigenvalue weighted by Crippen LogP contribution is 2.44. The van der Waals surface area contributed by atoms with Crippen LogP contribution in [0.2, 0.25) is 0 Å². The smallest absolute Gasteiger partial charge is 0.407 e. The molecular formula is C22H24N2O5. The third-order valence-corrected chi connectivity index (χ3v) is 4.81. The Hall–Kier alpha value is -3.35. The lowest BCUT2D eigenvalue weighted by Crippen LogP contribution is -2.30. The molecule has 1 aliphatic carbocycles. The van der Waals surface area contributed by atoms with Gasteiger partial charge in [0, 0.05) is 19.4 Å². The van der Waals surface area contributed by atoms with Gasteiger partial charge in [-0.15, -0.1) is 0 Å². The van der Waals surface area contributed by atoms with E-state index in [9.17, 15) is 14.4 Å². The Morgan fingerprint density at radius 3 is 2.14 bits per heavy atom. The topological polar surface area (TPSA) is 93.7 Å². The Balaban J connectivity index is 1.42. The molecule has 0 saturated carbocycles. The fraction of sp³-hybridized carbons (Fsp3) is 0.318. The average molecular weight is 396 g/mol. The first-order chi connectivity index (χ1) is 14.1. The Bertz CT molecular complexity index is 851. The van der Waals surface area contributed by atoms with Gasteiger partial charge in [0.25, 0.3) is 0 Å².